The fourth-order valence-corrected chi connectivity index (χ4v) is 4.49. The van der Waals surface area contributed by atoms with Gasteiger partial charge in [-0.1, -0.05) is 91.0 Å². The number of benzene rings is 5. The molecule has 0 aliphatic heterocycles. The number of hydrogen-bond donors (Lipinski definition) is 2. The SMILES string of the molecule is O=C(NN=Cc1ccc(O)c(Br)c1)c1cc(OCc2ccccc2)c(OCc2ccccc2)c(OCc2ccccc2)c1. The summed E-state index contributed by atoms with van der Waals surface area (Å²) in [5.74, 6) is 0.772. The number of aromatic hydroxyl groups is 1. The highest BCUT2D eigenvalue weighted by Crippen LogP contribution is 2.40. The Balaban J connectivity index is 1.45. The lowest BCUT2D eigenvalue weighted by Gasteiger charge is -2.19. The minimum absolute atomic E-state index is 0.113. The molecule has 0 aliphatic rings. The van der Waals surface area contributed by atoms with Crippen LogP contribution in [-0.2, 0) is 19.8 Å². The van der Waals surface area contributed by atoms with Crippen LogP contribution >= 0.6 is 15.9 Å². The molecule has 2 N–H and O–H groups in total. The van der Waals surface area contributed by atoms with E-state index in [1.54, 1.807) is 24.3 Å². The fraction of sp³-hybridized carbons (Fsp3) is 0.0857. The van der Waals surface area contributed by atoms with Gasteiger partial charge >= 0.3 is 0 Å². The van der Waals surface area contributed by atoms with E-state index in [-0.39, 0.29) is 31.1 Å². The highest BCUT2D eigenvalue weighted by atomic mass is 79.9. The number of hydrazone groups is 1. The van der Waals surface area contributed by atoms with Crippen molar-refractivity contribution in [2.45, 2.75) is 19.8 Å². The third-order valence-corrected chi connectivity index (χ3v) is 6.97. The van der Waals surface area contributed by atoms with Gasteiger partial charge in [-0.15, -0.1) is 0 Å². The Labute approximate surface area is 258 Å². The van der Waals surface area contributed by atoms with E-state index in [2.05, 4.69) is 26.5 Å². The molecule has 0 aliphatic carbocycles. The van der Waals surface area contributed by atoms with Crippen LogP contribution in [0.4, 0.5) is 0 Å². The molecule has 0 atom stereocenters. The van der Waals surface area contributed by atoms with Crippen LogP contribution in [0, 0.1) is 0 Å². The molecule has 0 heterocycles. The van der Waals surface area contributed by atoms with Gasteiger partial charge in [0.25, 0.3) is 5.91 Å². The van der Waals surface area contributed by atoms with Gasteiger partial charge in [0, 0.05) is 5.56 Å². The molecule has 0 spiro atoms. The number of nitrogens with one attached hydrogen (secondary N) is 1. The standard InChI is InChI=1S/C35H29BrN2O5/c36-30-18-28(16-17-31(30)39)21-37-38-35(40)29-19-32(41-22-25-10-4-1-5-11-25)34(43-24-27-14-8-3-9-15-27)33(20-29)42-23-26-12-6-2-7-13-26/h1-21,39H,22-24H2,(H,38,40). The van der Waals surface area contributed by atoms with E-state index in [4.69, 9.17) is 14.2 Å². The lowest BCUT2D eigenvalue weighted by atomic mass is 10.1. The fourth-order valence-electron chi connectivity index (χ4n) is 4.10. The highest BCUT2D eigenvalue weighted by Gasteiger charge is 2.20. The molecule has 0 bridgehead atoms. The number of phenolic OH excluding ortho intramolecular Hbond substituents is 1. The molecule has 0 aromatic heterocycles. The van der Waals surface area contributed by atoms with Crippen molar-refractivity contribution in [2.75, 3.05) is 0 Å². The second kappa shape index (κ2) is 14.7. The van der Waals surface area contributed by atoms with E-state index >= 15 is 0 Å². The number of rotatable bonds is 12. The second-order valence-electron chi connectivity index (χ2n) is 9.53. The van der Waals surface area contributed by atoms with E-state index < -0.39 is 5.91 Å². The largest absolute Gasteiger partial charge is 0.507 e. The number of carbonyl (C=O) groups is 1. The average Bonchev–Trinajstić information content (AvgIpc) is 3.05. The number of amides is 1. The molecular formula is C35H29BrN2O5. The molecular weight excluding hydrogens is 608 g/mol. The summed E-state index contributed by atoms with van der Waals surface area (Å²) in [6.07, 6.45) is 1.49. The molecule has 5 aromatic rings. The van der Waals surface area contributed by atoms with E-state index in [1.165, 1.54) is 12.3 Å². The van der Waals surface area contributed by atoms with Gasteiger partial charge in [-0.3, -0.25) is 4.79 Å². The van der Waals surface area contributed by atoms with Crippen molar-refractivity contribution in [1.82, 2.24) is 5.43 Å². The lowest BCUT2D eigenvalue weighted by molar-refractivity contribution is 0.0953. The molecule has 0 saturated carbocycles. The summed E-state index contributed by atoms with van der Waals surface area (Å²) in [6.45, 7) is 0.807. The van der Waals surface area contributed by atoms with Crippen molar-refractivity contribution in [3.05, 3.63) is 154 Å². The smallest absolute Gasteiger partial charge is 0.271 e. The zero-order valence-corrected chi connectivity index (χ0v) is 24.7. The zero-order valence-electron chi connectivity index (χ0n) is 23.2. The van der Waals surface area contributed by atoms with Gasteiger partial charge in [0.05, 0.1) is 10.7 Å². The molecule has 5 aromatic carbocycles. The molecule has 0 saturated heterocycles. The van der Waals surface area contributed by atoms with E-state index in [1.807, 2.05) is 91.0 Å². The molecule has 0 fully saturated rings. The minimum Gasteiger partial charge on any atom is -0.507 e. The van der Waals surface area contributed by atoms with Gasteiger partial charge in [-0.05, 0) is 68.5 Å². The summed E-state index contributed by atoms with van der Waals surface area (Å²) < 4.78 is 19.3. The van der Waals surface area contributed by atoms with Crippen LogP contribution in [0.3, 0.4) is 0 Å². The first-order valence-electron chi connectivity index (χ1n) is 13.6. The Bertz CT molecular complexity index is 1620. The number of phenols is 1. The maximum Gasteiger partial charge on any atom is 0.271 e. The molecule has 1 amide bonds. The van der Waals surface area contributed by atoms with E-state index in [0.29, 0.717) is 27.3 Å². The molecule has 0 radical (unpaired) electrons. The van der Waals surface area contributed by atoms with Crippen LogP contribution in [-0.4, -0.2) is 17.2 Å². The lowest BCUT2D eigenvalue weighted by Crippen LogP contribution is -2.18. The quantitative estimate of drug-likeness (QED) is 0.108. The predicted molar refractivity (Wildman–Crippen MR) is 170 cm³/mol. The third kappa shape index (κ3) is 8.47. The maximum absolute atomic E-state index is 13.3. The van der Waals surface area contributed by atoms with Crippen molar-refractivity contribution in [1.29, 1.82) is 0 Å². The minimum atomic E-state index is -0.460. The maximum atomic E-state index is 13.3. The van der Waals surface area contributed by atoms with Gasteiger partial charge in [0.2, 0.25) is 5.75 Å². The van der Waals surface area contributed by atoms with Gasteiger partial charge in [-0.25, -0.2) is 5.43 Å². The number of hydrogen-bond acceptors (Lipinski definition) is 6. The zero-order chi connectivity index (χ0) is 29.9. The van der Waals surface area contributed by atoms with Crippen molar-refractivity contribution in [3.63, 3.8) is 0 Å². The van der Waals surface area contributed by atoms with E-state index in [0.717, 1.165) is 16.7 Å². The van der Waals surface area contributed by atoms with Gasteiger partial charge in [0.15, 0.2) is 11.5 Å². The summed E-state index contributed by atoms with van der Waals surface area (Å²) in [7, 11) is 0. The normalized spacial score (nSPS) is 10.8. The second-order valence-corrected chi connectivity index (χ2v) is 10.4. The Morgan fingerprint density at radius 3 is 1.67 bits per heavy atom. The Kier molecular flexibility index (Phi) is 10.1. The first-order chi connectivity index (χ1) is 21.0. The summed E-state index contributed by atoms with van der Waals surface area (Å²) in [5.41, 5.74) is 6.43. The molecule has 0 unspecified atom stereocenters. The molecule has 43 heavy (non-hydrogen) atoms. The summed E-state index contributed by atoms with van der Waals surface area (Å²) in [4.78, 5) is 13.3. The van der Waals surface area contributed by atoms with Crippen LogP contribution in [0.1, 0.15) is 32.6 Å². The van der Waals surface area contributed by atoms with Crippen molar-refractivity contribution in [2.24, 2.45) is 5.10 Å². The topological polar surface area (TPSA) is 89.4 Å². The summed E-state index contributed by atoms with van der Waals surface area (Å²) in [5, 5.41) is 13.8. The highest BCUT2D eigenvalue weighted by molar-refractivity contribution is 9.10. The number of nitrogens with zero attached hydrogens (tertiary/aromatic N) is 1. The van der Waals surface area contributed by atoms with Crippen LogP contribution < -0.4 is 19.6 Å². The van der Waals surface area contributed by atoms with Gasteiger partial charge in [-0.2, -0.15) is 5.10 Å². The predicted octanol–water partition coefficient (Wildman–Crippen LogP) is 7.66. The van der Waals surface area contributed by atoms with E-state index in [9.17, 15) is 9.90 Å². The Morgan fingerprint density at radius 2 is 1.19 bits per heavy atom. The monoisotopic (exact) mass is 636 g/mol. The van der Waals surface area contributed by atoms with Gasteiger partial charge in [0.1, 0.15) is 25.6 Å². The van der Waals surface area contributed by atoms with Crippen LogP contribution in [0.15, 0.2) is 131 Å². The number of ether oxygens (including phenoxy) is 3. The molecule has 216 valence electrons. The third-order valence-electron chi connectivity index (χ3n) is 6.33. The number of halogens is 1. The molecule has 7 nitrogen and oxygen atoms in total. The Morgan fingerprint density at radius 1 is 0.698 bits per heavy atom. The van der Waals surface area contributed by atoms with Crippen molar-refractivity contribution < 1.29 is 24.1 Å². The number of carbonyl (C=O) groups excluding carboxylic acids is 1. The summed E-state index contributed by atoms with van der Waals surface area (Å²) in [6, 6.07) is 37.4. The molecule has 8 heteroatoms. The molecule has 5 rings (SSSR count). The van der Waals surface area contributed by atoms with Crippen LogP contribution in [0.5, 0.6) is 23.0 Å². The van der Waals surface area contributed by atoms with Crippen molar-refractivity contribution in [3.8, 4) is 23.0 Å². The van der Waals surface area contributed by atoms with Crippen LogP contribution in [0.25, 0.3) is 0 Å². The first-order valence-corrected chi connectivity index (χ1v) is 14.3. The Hall–Kier alpha value is -5.08. The van der Waals surface area contributed by atoms with Gasteiger partial charge < -0.3 is 19.3 Å². The average molecular weight is 638 g/mol. The van der Waals surface area contributed by atoms with Crippen molar-refractivity contribution >= 4 is 28.1 Å². The summed E-state index contributed by atoms with van der Waals surface area (Å²) >= 11 is 3.28. The van der Waals surface area contributed by atoms with Crippen LogP contribution in [0.2, 0.25) is 0 Å². The first kappa shape index (κ1) is 29.4.